The third-order valence-electron chi connectivity index (χ3n) is 10.0. The van der Waals surface area contributed by atoms with E-state index in [1.54, 1.807) is 0 Å². The predicted octanol–water partition coefficient (Wildman–Crippen LogP) is 11.8. The van der Waals surface area contributed by atoms with Crippen LogP contribution < -0.4 is 10.2 Å². The quantitative estimate of drug-likeness (QED) is 0.166. The zero-order valence-electron chi connectivity index (χ0n) is 29.2. The second-order valence-corrected chi connectivity index (χ2v) is 16.3. The minimum absolute atomic E-state index is 0.556. The van der Waals surface area contributed by atoms with Gasteiger partial charge in [-0.15, -0.1) is 10.0 Å². The largest absolute Gasteiger partial charge is 0.366 e. The van der Waals surface area contributed by atoms with Crippen LogP contribution in [-0.2, 0) is 0 Å². The Hall–Kier alpha value is -6.83. The maximum Gasteiger partial charge on any atom is 0.162 e. The Bertz CT molecular complexity index is 2670. The molecule has 0 bridgehead atoms. The number of nitrogens with zero attached hydrogens (tertiary/aromatic N) is 5. The first-order chi connectivity index (χ1) is 26.8. The second kappa shape index (κ2) is 13.3. The van der Waals surface area contributed by atoms with E-state index in [-0.39, 0.29) is 0 Å². The number of nitrogens with one attached hydrogen (secondary N) is 1. The van der Waals surface area contributed by atoms with Crippen molar-refractivity contribution in [3.63, 3.8) is 0 Å². The van der Waals surface area contributed by atoms with Crippen molar-refractivity contribution in [2.24, 2.45) is 0 Å². The van der Waals surface area contributed by atoms with Crippen LogP contribution in [0.1, 0.15) is 0 Å². The Labute approximate surface area is 315 Å². The maximum atomic E-state index is 5.29. The van der Waals surface area contributed by atoms with Crippen LogP contribution in [0.5, 0.6) is 0 Å². The van der Waals surface area contributed by atoms with Gasteiger partial charge >= 0.3 is 0 Å². The summed E-state index contributed by atoms with van der Waals surface area (Å²) in [6.07, 6.45) is 1.89. The Morgan fingerprint density at radius 1 is 0.481 bits per heavy atom. The van der Waals surface area contributed by atoms with E-state index in [2.05, 4.69) is 144 Å². The van der Waals surface area contributed by atoms with Gasteiger partial charge in [-0.1, -0.05) is 121 Å². The summed E-state index contributed by atoms with van der Waals surface area (Å²) >= 11 is 0. The molecule has 1 N–H and O–H groups in total. The lowest BCUT2D eigenvalue weighted by molar-refractivity contribution is 1.05. The monoisotopic (exact) mass is 714 g/mol. The molecule has 0 aliphatic carbocycles. The molecule has 10 rings (SSSR count). The first-order valence-electron chi connectivity index (χ1n) is 18.0. The van der Waals surface area contributed by atoms with Crippen LogP contribution >= 0.6 is 10.0 Å². The molecule has 0 saturated heterocycles. The predicted molar refractivity (Wildman–Crippen MR) is 221 cm³/mol. The molecule has 7 aromatic carbocycles. The molecule has 7 heteroatoms. The average molecular weight is 715 g/mol. The van der Waals surface area contributed by atoms with Crippen molar-refractivity contribution in [1.29, 1.82) is 0 Å². The molecule has 0 saturated carbocycles. The lowest BCUT2D eigenvalue weighted by Gasteiger charge is -2.42. The molecule has 6 nitrogen and oxygen atoms in total. The number of benzene rings is 7. The number of hydrogen-bond acceptors (Lipinski definition) is 6. The van der Waals surface area contributed by atoms with Crippen LogP contribution in [0.3, 0.4) is 0 Å². The van der Waals surface area contributed by atoms with Crippen molar-refractivity contribution >= 4 is 49.0 Å². The van der Waals surface area contributed by atoms with E-state index in [0.29, 0.717) is 18.3 Å². The van der Waals surface area contributed by atoms with Gasteiger partial charge in [0.25, 0.3) is 0 Å². The zero-order chi connectivity index (χ0) is 35.9. The first-order valence-corrected chi connectivity index (χ1v) is 19.6. The molecule has 1 aliphatic heterocycles. The number of fused-ring (bicyclic) bond motifs is 4. The topological polar surface area (TPSA) is 66.8 Å². The van der Waals surface area contributed by atoms with Crippen molar-refractivity contribution in [2.45, 2.75) is 19.6 Å². The van der Waals surface area contributed by atoms with Crippen LogP contribution in [0, 0.1) is 0 Å². The molecule has 1 aliphatic rings. The average Bonchev–Trinajstić information content (AvgIpc) is 3.68. The van der Waals surface area contributed by atoms with Gasteiger partial charge in [0.1, 0.15) is 16.9 Å². The molecule has 0 spiro atoms. The van der Waals surface area contributed by atoms with E-state index < -0.39 is 10.0 Å². The van der Waals surface area contributed by atoms with Gasteiger partial charge in [-0.3, -0.25) is 0 Å². The van der Waals surface area contributed by atoms with Crippen molar-refractivity contribution in [2.75, 3.05) is 16.9 Å². The molecular weight excluding hydrogens is 681 g/mol. The highest BCUT2D eigenvalue weighted by Crippen LogP contribution is 2.73. The molecule has 2 aromatic heterocycles. The fourth-order valence-corrected chi connectivity index (χ4v) is 11.4. The molecule has 0 fully saturated rings. The zero-order valence-corrected chi connectivity index (χ0v) is 30.1. The standard InChI is InChI=1S/C47H34N6S/c1-6-16-33(17-7-1)45-48-31-35-26-28-40-44(43(35)50-45)51-46(34-18-8-2-9-19-34)52-47(40)53-32-49-41-30-39(27-29-42(41)53)54(36-20-10-3-11-21-36,37-22-12-4-13-23-37)38-24-14-5-15-25-38/h1-31,49H,32H2. The van der Waals surface area contributed by atoms with E-state index in [9.17, 15) is 0 Å². The fraction of sp³-hybridized carbons (Fsp3) is 0.0213. The lowest BCUT2D eigenvalue weighted by Crippen LogP contribution is -2.18. The van der Waals surface area contributed by atoms with Crippen molar-refractivity contribution in [3.05, 3.63) is 188 Å². The Balaban J connectivity index is 1.17. The molecular formula is C47H34N6S. The molecule has 54 heavy (non-hydrogen) atoms. The third kappa shape index (κ3) is 5.28. The molecule has 0 amide bonds. The molecule has 9 aromatic rings. The van der Waals surface area contributed by atoms with Crippen molar-refractivity contribution in [3.8, 4) is 22.8 Å². The van der Waals surface area contributed by atoms with Gasteiger partial charge in [-0.05, 0) is 60.7 Å². The first kappa shape index (κ1) is 31.9. The summed E-state index contributed by atoms with van der Waals surface area (Å²) in [4.78, 5) is 27.7. The minimum Gasteiger partial charge on any atom is -0.366 e. The normalized spacial score (nSPS) is 12.8. The number of aromatic nitrogens is 4. The van der Waals surface area contributed by atoms with Crippen LogP contribution in [0.15, 0.2) is 208 Å². The van der Waals surface area contributed by atoms with E-state index >= 15 is 0 Å². The summed E-state index contributed by atoms with van der Waals surface area (Å²) in [5, 5.41) is 5.62. The smallest absolute Gasteiger partial charge is 0.162 e. The van der Waals surface area contributed by atoms with Crippen molar-refractivity contribution < 1.29 is 0 Å². The number of anilines is 3. The molecule has 0 atom stereocenters. The number of rotatable bonds is 7. The SMILES string of the molecule is c1ccc(-c2ncc3ccc4c(N5CNc6cc(S(c7ccccc7)(c7ccccc7)c7ccccc7)ccc65)nc(-c5ccccc5)nc4c3n2)cc1. The molecule has 0 radical (unpaired) electrons. The lowest BCUT2D eigenvalue weighted by atomic mass is 10.1. The van der Waals surface area contributed by atoms with Crippen LogP contribution in [0.2, 0.25) is 0 Å². The van der Waals surface area contributed by atoms with E-state index in [0.717, 1.165) is 50.1 Å². The highest BCUT2D eigenvalue weighted by molar-refractivity contribution is 8.34. The molecule has 3 heterocycles. The second-order valence-electron chi connectivity index (χ2n) is 13.2. The maximum absolute atomic E-state index is 5.29. The molecule has 0 unspecified atom stereocenters. The summed E-state index contributed by atoms with van der Waals surface area (Å²) in [6, 6.07) is 64.2. The van der Waals surface area contributed by atoms with Crippen LogP contribution in [0.4, 0.5) is 17.2 Å². The summed E-state index contributed by atoms with van der Waals surface area (Å²) in [5.41, 5.74) is 5.62. The highest BCUT2D eigenvalue weighted by atomic mass is 32.3. The van der Waals surface area contributed by atoms with Gasteiger partial charge in [-0.25, -0.2) is 19.9 Å². The van der Waals surface area contributed by atoms with E-state index in [4.69, 9.17) is 19.9 Å². The van der Waals surface area contributed by atoms with Gasteiger partial charge in [0.15, 0.2) is 11.6 Å². The highest BCUT2D eigenvalue weighted by Gasteiger charge is 2.35. The third-order valence-corrected chi connectivity index (χ3v) is 13.9. The van der Waals surface area contributed by atoms with Crippen LogP contribution in [0.25, 0.3) is 44.6 Å². The van der Waals surface area contributed by atoms with E-state index in [1.165, 1.54) is 19.6 Å². The summed E-state index contributed by atoms with van der Waals surface area (Å²) in [7, 11) is -1.84. The van der Waals surface area contributed by atoms with Gasteiger partial charge < -0.3 is 10.2 Å². The van der Waals surface area contributed by atoms with E-state index in [1.807, 2.05) is 54.7 Å². The Kier molecular flexibility index (Phi) is 7.85. The summed E-state index contributed by atoms with van der Waals surface area (Å²) in [6.45, 7) is 0.556. The van der Waals surface area contributed by atoms with Crippen LogP contribution in [-0.4, -0.2) is 26.6 Å². The Morgan fingerprint density at radius 2 is 1.02 bits per heavy atom. The van der Waals surface area contributed by atoms with Gasteiger partial charge in [-0.2, -0.15) is 0 Å². The fourth-order valence-electron chi connectivity index (χ4n) is 7.53. The molecule has 258 valence electrons. The number of hydrogen-bond donors (Lipinski definition) is 1. The summed E-state index contributed by atoms with van der Waals surface area (Å²) < 4.78 is 0. The van der Waals surface area contributed by atoms with Gasteiger partial charge in [0.05, 0.1) is 18.0 Å². The van der Waals surface area contributed by atoms with Gasteiger partial charge in [0, 0.05) is 47.7 Å². The Morgan fingerprint density at radius 3 is 1.61 bits per heavy atom. The van der Waals surface area contributed by atoms with Gasteiger partial charge in [0.2, 0.25) is 0 Å². The summed E-state index contributed by atoms with van der Waals surface area (Å²) in [5.74, 6) is 2.14. The minimum atomic E-state index is -1.84. The van der Waals surface area contributed by atoms with Crippen molar-refractivity contribution in [1.82, 2.24) is 19.9 Å².